The molecule has 4 aromatic rings. The molecule has 7 heteroatoms. The maximum atomic E-state index is 13.4. The molecule has 1 fully saturated rings. The third-order valence-corrected chi connectivity index (χ3v) is 7.66. The fourth-order valence-electron chi connectivity index (χ4n) is 5.39. The molecule has 6 nitrogen and oxygen atoms in total. The summed E-state index contributed by atoms with van der Waals surface area (Å²) in [5.41, 5.74) is 6.29. The van der Waals surface area contributed by atoms with Gasteiger partial charge in [0.15, 0.2) is 0 Å². The van der Waals surface area contributed by atoms with Gasteiger partial charge in [-0.1, -0.05) is 72.1 Å². The first-order valence-electron chi connectivity index (χ1n) is 14.0. The van der Waals surface area contributed by atoms with Gasteiger partial charge in [0.05, 0.1) is 11.4 Å². The molecule has 0 aliphatic carbocycles. The number of benzene rings is 4. The summed E-state index contributed by atoms with van der Waals surface area (Å²) in [7, 11) is 0. The summed E-state index contributed by atoms with van der Waals surface area (Å²) in [4.78, 5) is 33.2. The molecule has 2 aliphatic heterocycles. The minimum absolute atomic E-state index is 0.151. The summed E-state index contributed by atoms with van der Waals surface area (Å²) in [6.45, 7) is 3.25. The van der Waals surface area contributed by atoms with Crippen LogP contribution in [0.2, 0.25) is 5.02 Å². The third kappa shape index (κ3) is 6.44. The number of amides is 2. The third-order valence-electron chi connectivity index (χ3n) is 7.42. The molecule has 2 amide bonds. The Balaban J connectivity index is 1.25. The van der Waals surface area contributed by atoms with Gasteiger partial charge in [-0.2, -0.15) is 0 Å². The summed E-state index contributed by atoms with van der Waals surface area (Å²) in [5, 5.41) is 6.24. The monoisotopic (exact) mass is 572 g/mol. The predicted octanol–water partition coefficient (Wildman–Crippen LogP) is 6.78. The molecule has 208 valence electrons. The van der Waals surface area contributed by atoms with E-state index in [1.165, 1.54) is 18.4 Å². The molecule has 1 unspecified atom stereocenters. The van der Waals surface area contributed by atoms with Crippen LogP contribution in [0.4, 0.5) is 17.1 Å². The van der Waals surface area contributed by atoms with Gasteiger partial charge < -0.3 is 10.6 Å². The lowest BCUT2D eigenvalue weighted by atomic mass is 9.90. The van der Waals surface area contributed by atoms with Crippen molar-refractivity contribution in [1.82, 2.24) is 4.90 Å². The Labute approximate surface area is 250 Å². The Kier molecular flexibility index (Phi) is 8.14. The van der Waals surface area contributed by atoms with Crippen LogP contribution in [0, 0.1) is 11.8 Å². The van der Waals surface area contributed by atoms with Crippen LogP contribution in [0.25, 0.3) is 0 Å². The smallest absolute Gasteiger partial charge is 0.300 e. The molecule has 6 rings (SSSR count). The summed E-state index contributed by atoms with van der Waals surface area (Å²) in [6, 6.07) is 30.5. The average molecular weight is 573 g/mol. The van der Waals surface area contributed by atoms with Crippen molar-refractivity contribution < 1.29 is 9.59 Å². The van der Waals surface area contributed by atoms with Crippen LogP contribution in [-0.2, 0) is 16.1 Å². The van der Waals surface area contributed by atoms with E-state index in [-0.39, 0.29) is 5.91 Å². The number of likely N-dealkylation sites (tertiary alicyclic amines) is 1. The van der Waals surface area contributed by atoms with Gasteiger partial charge in [-0.05, 0) is 85.1 Å². The second-order valence-electron chi connectivity index (χ2n) is 10.5. The lowest BCUT2D eigenvalue weighted by Gasteiger charge is -2.15. The number of nitrogens with one attached hydrogen (secondary N) is 2. The normalized spacial score (nSPS) is 16.4. The van der Waals surface area contributed by atoms with Gasteiger partial charge in [0.25, 0.3) is 0 Å². The zero-order valence-corrected chi connectivity index (χ0v) is 23.7. The maximum Gasteiger partial charge on any atom is 0.300 e. The molecular weight excluding hydrogens is 544 g/mol. The SMILES string of the molecule is O=C(C#Cc1ccc2c(c1)NC(=O)C2C(=Nc1ccc(CN2CCCC2)cc1)c1ccccc1)Nc1cccc(Cl)c1. The first-order valence-corrected chi connectivity index (χ1v) is 14.4. The van der Waals surface area contributed by atoms with Crippen molar-refractivity contribution in [1.29, 1.82) is 0 Å². The van der Waals surface area contributed by atoms with E-state index in [0.717, 1.165) is 36.4 Å². The molecule has 0 saturated carbocycles. The van der Waals surface area contributed by atoms with Crippen molar-refractivity contribution in [2.45, 2.75) is 25.3 Å². The molecule has 2 aliphatic rings. The van der Waals surface area contributed by atoms with E-state index >= 15 is 0 Å². The van der Waals surface area contributed by atoms with Crippen LogP contribution in [0.3, 0.4) is 0 Å². The second kappa shape index (κ2) is 12.4. The van der Waals surface area contributed by atoms with Crippen molar-refractivity contribution in [2.75, 3.05) is 23.7 Å². The Morgan fingerprint density at radius 3 is 2.50 bits per heavy atom. The molecule has 2 N–H and O–H groups in total. The van der Waals surface area contributed by atoms with Crippen molar-refractivity contribution in [3.8, 4) is 11.8 Å². The van der Waals surface area contributed by atoms with Crippen LogP contribution in [-0.4, -0.2) is 35.5 Å². The number of rotatable bonds is 6. The zero-order valence-electron chi connectivity index (χ0n) is 22.9. The lowest BCUT2D eigenvalue weighted by molar-refractivity contribution is -0.115. The second-order valence-corrected chi connectivity index (χ2v) is 10.9. The van der Waals surface area contributed by atoms with E-state index in [2.05, 4.69) is 39.5 Å². The van der Waals surface area contributed by atoms with Crippen LogP contribution in [0.15, 0.2) is 102 Å². The maximum absolute atomic E-state index is 13.4. The van der Waals surface area contributed by atoms with Gasteiger partial charge in [0.2, 0.25) is 5.91 Å². The number of hydrogen-bond acceptors (Lipinski definition) is 4. The van der Waals surface area contributed by atoms with Crippen molar-refractivity contribution >= 4 is 46.2 Å². The number of fused-ring (bicyclic) bond motifs is 1. The van der Waals surface area contributed by atoms with E-state index in [1.807, 2.05) is 54.6 Å². The van der Waals surface area contributed by atoms with Crippen molar-refractivity contribution in [3.63, 3.8) is 0 Å². The highest BCUT2D eigenvalue weighted by Crippen LogP contribution is 2.37. The molecule has 42 heavy (non-hydrogen) atoms. The van der Waals surface area contributed by atoms with E-state index in [9.17, 15) is 9.59 Å². The van der Waals surface area contributed by atoms with Gasteiger partial charge in [0.1, 0.15) is 5.92 Å². The van der Waals surface area contributed by atoms with E-state index in [4.69, 9.17) is 16.6 Å². The molecule has 0 bridgehead atoms. The van der Waals surface area contributed by atoms with E-state index in [1.54, 1.807) is 30.3 Å². The summed E-state index contributed by atoms with van der Waals surface area (Å²) < 4.78 is 0. The quantitative estimate of drug-likeness (QED) is 0.197. The fraction of sp³-hybridized carbons (Fsp3) is 0.171. The molecular formula is C35H29ClN4O2. The summed E-state index contributed by atoms with van der Waals surface area (Å²) >= 11 is 5.99. The lowest BCUT2D eigenvalue weighted by Crippen LogP contribution is -2.22. The van der Waals surface area contributed by atoms with Gasteiger partial charge in [0, 0.05) is 34.4 Å². The number of aliphatic imine (C=N–C) groups is 1. The van der Waals surface area contributed by atoms with Crippen LogP contribution < -0.4 is 10.6 Å². The fourth-order valence-corrected chi connectivity index (χ4v) is 5.58. The Hall–Kier alpha value is -4.70. The number of hydrogen-bond donors (Lipinski definition) is 2. The summed E-state index contributed by atoms with van der Waals surface area (Å²) in [5.74, 6) is 4.31. The molecule has 0 radical (unpaired) electrons. The first kappa shape index (κ1) is 27.5. The summed E-state index contributed by atoms with van der Waals surface area (Å²) in [6.07, 6.45) is 2.53. The molecule has 0 spiro atoms. The van der Waals surface area contributed by atoms with Crippen LogP contribution in [0.5, 0.6) is 0 Å². The Morgan fingerprint density at radius 2 is 1.74 bits per heavy atom. The topological polar surface area (TPSA) is 73.8 Å². The van der Waals surface area contributed by atoms with Crippen LogP contribution in [0.1, 0.15) is 41.0 Å². The van der Waals surface area contributed by atoms with Crippen molar-refractivity contribution in [3.05, 3.63) is 124 Å². The minimum atomic E-state index is -0.584. The predicted molar refractivity (Wildman–Crippen MR) is 168 cm³/mol. The number of halogens is 1. The standard InChI is InChI=1S/C35H29ClN4O2/c36-27-9-6-10-29(22-27)37-32(41)18-14-24-13-17-30-31(21-24)39-35(42)33(30)34(26-7-2-1-3-8-26)38-28-15-11-25(12-16-28)23-40-19-4-5-20-40/h1-3,6-13,15-17,21-22,33H,4-5,19-20,23H2,(H,37,41)(H,39,42). The number of carbonyl (C=O) groups excluding carboxylic acids is 2. The molecule has 1 atom stereocenters. The number of nitrogens with zero attached hydrogens (tertiary/aromatic N) is 2. The molecule has 4 aromatic carbocycles. The molecule has 0 aromatic heterocycles. The first-order chi connectivity index (χ1) is 20.5. The Bertz CT molecular complexity index is 1720. The molecule has 1 saturated heterocycles. The highest BCUT2D eigenvalue weighted by atomic mass is 35.5. The van der Waals surface area contributed by atoms with Crippen molar-refractivity contribution in [2.24, 2.45) is 4.99 Å². The van der Waals surface area contributed by atoms with E-state index < -0.39 is 11.8 Å². The Morgan fingerprint density at radius 1 is 0.952 bits per heavy atom. The minimum Gasteiger partial charge on any atom is -0.325 e. The highest BCUT2D eigenvalue weighted by molar-refractivity contribution is 6.31. The largest absolute Gasteiger partial charge is 0.325 e. The molecule has 2 heterocycles. The van der Waals surface area contributed by atoms with Gasteiger partial charge in [-0.15, -0.1) is 0 Å². The van der Waals surface area contributed by atoms with Gasteiger partial charge in [-0.25, -0.2) is 0 Å². The number of carbonyl (C=O) groups is 2. The average Bonchev–Trinajstić information content (AvgIpc) is 3.62. The van der Waals surface area contributed by atoms with Gasteiger partial charge >= 0.3 is 5.91 Å². The number of anilines is 2. The van der Waals surface area contributed by atoms with Crippen LogP contribution >= 0.6 is 11.6 Å². The zero-order chi connectivity index (χ0) is 28.9. The highest BCUT2D eigenvalue weighted by Gasteiger charge is 2.35. The van der Waals surface area contributed by atoms with E-state index in [0.29, 0.717) is 27.7 Å². The van der Waals surface area contributed by atoms with Gasteiger partial charge in [-0.3, -0.25) is 19.5 Å².